The van der Waals surface area contributed by atoms with Gasteiger partial charge in [-0.05, 0) is 36.6 Å². The summed E-state index contributed by atoms with van der Waals surface area (Å²) in [4.78, 5) is 19.2. The number of aromatic nitrogens is 3. The molecular formula is C20H20FN5OS. The van der Waals surface area contributed by atoms with Crippen LogP contribution in [0.3, 0.4) is 0 Å². The Balaban J connectivity index is 1.55. The minimum atomic E-state index is -0.460. The molecule has 1 N–H and O–H groups in total. The van der Waals surface area contributed by atoms with Gasteiger partial charge in [0.25, 0.3) is 5.91 Å². The molecule has 0 aliphatic carbocycles. The van der Waals surface area contributed by atoms with E-state index in [2.05, 4.69) is 26.4 Å². The van der Waals surface area contributed by atoms with E-state index in [9.17, 15) is 9.18 Å². The van der Waals surface area contributed by atoms with Gasteiger partial charge in [-0.2, -0.15) is 5.10 Å². The zero-order chi connectivity index (χ0) is 19.7. The number of rotatable bonds is 4. The van der Waals surface area contributed by atoms with Crippen molar-refractivity contribution in [2.75, 3.05) is 23.3 Å². The molecule has 1 aromatic carbocycles. The first-order chi connectivity index (χ1) is 13.5. The second kappa shape index (κ2) is 7.55. The van der Waals surface area contributed by atoms with Crippen molar-refractivity contribution in [3.63, 3.8) is 0 Å². The standard InChI is InChI=1S/C20H20FN5OS/c1-13-5-3-7-15(21)18(13)23-19(27)16-11-17(25(2)24-16)14-6-4-9-26(12-14)20-22-8-10-28-20/h3,5-8,10-11H,4,9,12H2,1-2H3,(H,23,27). The summed E-state index contributed by atoms with van der Waals surface area (Å²) in [5, 5.41) is 9.93. The van der Waals surface area contributed by atoms with Crippen LogP contribution in [-0.4, -0.2) is 33.8 Å². The third-order valence-electron chi connectivity index (χ3n) is 4.74. The number of halogens is 1. The minimum absolute atomic E-state index is 0.187. The van der Waals surface area contributed by atoms with E-state index in [-0.39, 0.29) is 11.4 Å². The molecule has 0 saturated carbocycles. The molecule has 3 aromatic rings. The van der Waals surface area contributed by atoms with E-state index in [4.69, 9.17) is 0 Å². The zero-order valence-electron chi connectivity index (χ0n) is 15.6. The van der Waals surface area contributed by atoms with Crippen molar-refractivity contribution in [1.82, 2.24) is 14.8 Å². The minimum Gasteiger partial charge on any atom is -0.343 e. The third kappa shape index (κ3) is 3.55. The topological polar surface area (TPSA) is 63.1 Å². The lowest BCUT2D eigenvalue weighted by Crippen LogP contribution is -2.29. The number of carbonyl (C=O) groups is 1. The Morgan fingerprint density at radius 3 is 2.96 bits per heavy atom. The van der Waals surface area contributed by atoms with E-state index in [1.807, 2.05) is 12.4 Å². The summed E-state index contributed by atoms with van der Waals surface area (Å²) in [5.74, 6) is -0.887. The predicted octanol–water partition coefficient (Wildman–Crippen LogP) is 3.87. The molecule has 0 fully saturated rings. The Bertz CT molecular complexity index is 1020. The number of anilines is 2. The Morgan fingerprint density at radius 2 is 2.21 bits per heavy atom. The Hall–Kier alpha value is -3.00. The highest BCUT2D eigenvalue weighted by molar-refractivity contribution is 7.13. The molecule has 8 heteroatoms. The SMILES string of the molecule is Cc1cccc(F)c1NC(=O)c1cc(C2=CCCN(c3nccs3)C2)n(C)n1. The van der Waals surface area contributed by atoms with Crippen molar-refractivity contribution in [1.29, 1.82) is 0 Å². The maximum Gasteiger partial charge on any atom is 0.276 e. The molecule has 2 aromatic heterocycles. The van der Waals surface area contributed by atoms with Crippen LogP contribution < -0.4 is 10.2 Å². The monoisotopic (exact) mass is 397 g/mol. The molecule has 0 spiro atoms. The van der Waals surface area contributed by atoms with Crippen LogP contribution >= 0.6 is 11.3 Å². The average Bonchev–Trinajstić information content (AvgIpc) is 3.35. The lowest BCUT2D eigenvalue weighted by molar-refractivity contribution is 0.102. The molecule has 4 rings (SSSR count). The van der Waals surface area contributed by atoms with Gasteiger partial charge in [-0.1, -0.05) is 18.2 Å². The van der Waals surface area contributed by atoms with Gasteiger partial charge in [-0.15, -0.1) is 11.3 Å². The maximum absolute atomic E-state index is 14.0. The van der Waals surface area contributed by atoms with E-state index in [0.29, 0.717) is 12.1 Å². The highest BCUT2D eigenvalue weighted by Gasteiger charge is 2.21. The quantitative estimate of drug-likeness (QED) is 0.726. The normalized spacial score (nSPS) is 14.1. The molecule has 0 bridgehead atoms. The van der Waals surface area contributed by atoms with Gasteiger partial charge in [0, 0.05) is 31.7 Å². The van der Waals surface area contributed by atoms with Crippen molar-refractivity contribution < 1.29 is 9.18 Å². The van der Waals surface area contributed by atoms with Crippen LogP contribution in [0.25, 0.3) is 5.57 Å². The number of benzene rings is 1. The number of hydrogen-bond donors (Lipinski definition) is 1. The smallest absolute Gasteiger partial charge is 0.276 e. The molecule has 0 radical (unpaired) electrons. The summed E-state index contributed by atoms with van der Waals surface area (Å²) in [7, 11) is 1.81. The fraction of sp³-hybridized carbons (Fsp3) is 0.250. The van der Waals surface area contributed by atoms with E-state index in [1.165, 1.54) is 6.07 Å². The summed E-state index contributed by atoms with van der Waals surface area (Å²) in [5.41, 5.74) is 3.08. The lowest BCUT2D eigenvalue weighted by atomic mass is 10.1. The van der Waals surface area contributed by atoms with Crippen molar-refractivity contribution in [3.8, 4) is 0 Å². The number of thiazole rings is 1. The molecule has 144 valence electrons. The lowest BCUT2D eigenvalue weighted by Gasteiger charge is -2.26. The molecule has 0 atom stereocenters. The number of amides is 1. The summed E-state index contributed by atoms with van der Waals surface area (Å²) in [6.45, 7) is 3.37. The van der Waals surface area contributed by atoms with Crippen LogP contribution in [0.1, 0.15) is 28.2 Å². The van der Waals surface area contributed by atoms with Gasteiger partial charge in [0.2, 0.25) is 0 Å². The van der Waals surface area contributed by atoms with Gasteiger partial charge >= 0.3 is 0 Å². The van der Waals surface area contributed by atoms with Crippen LogP contribution in [0.5, 0.6) is 0 Å². The molecule has 0 saturated heterocycles. The van der Waals surface area contributed by atoms with Gasteiger partial charge < -0.3 is 10.2 Å². The van der Waals surface area contributed by atoms with Crippen LogP contribution in [-0.2, 0) is 7.05 Å². The average molecular weight is 397 g/mol. The van der Waals surface area contributed by atoms with Crippen LogP contribution in [0.4, 0.5) is 15.2 Å². The van der Waals surface area contributed by atoms with Crippen molar-refractivity contribution >= 4 is 33.6 Å². The first-order valence-electron chi connectivity index (χ1n) is 8.97. The van der Waals surface area contributed by atoms with Gasteiger partial charge in [-0.25, -0.2) is 9.37 Å². The van der Waals surface area contributed by atoms with E-state index >= 15 is 0 Å². The predicted molar refractivity (Wildman–Crippen MR) is 109 cm³/mol. The van der Waals surface area contributed by atoms with Gasteiger partial charge in [0.15, 0.2) is 10.8 Å². The van der Waals surface area contributed by atoms with Crippen LogP contribution in [0.2, 0.25) is 0 Å². The summed E-state index contributed by atoms with van der Waals surface area (Å²) < 4.78 is 15.7. The zero-order valence-corrected chi connectivity index (χ0v) is 16.5. The number of hydrogen-bond acceptors (Lipinski definition) is 5. The number of carbonyl (C=O) groups excluding carboxylic acids is 1. The number of nitrogens with zero attached hydrogens (tertiary/aromatic N) is 4. The second-order valence-corrected chi connectivity index (χ2v) is 7.55. The maximum atomic E-state index is 14.0. The first-order valence-corrected chi connectivity index (χ1v) is 9.85. The Labute approximate surface area is 166 Å². The molecule has 3 heterocycles. The highest BCUT2D eigenvalue weighted by Crippen LogP contribution is 2.27. The molecule has 6 nitrogen and oxygen atoms in total. The van der Waals surface area contributed by atoms with Crippen molar-refractivity contribution in [2.45, 2.75) is 13.3 Å². The molecule has 1 amide bonds. The molecule has 0 unspecified atom stereocenters. The number of nitrogens with one attached hydrogen (secondary N) is 1. The van der Waals surface area contributed by atoms with Gasteiger partial charge in [0.05, 0.1) is 11.4 Å². The third-order valence-corrected chi connectivity index (χ3v) is 5.57. The molecule has 1 aliphatic heterocycles. The van der Waals surface area contributed by atoms with E-state index in [0.717, 1.165) is 29.4 Å². The van der Waals surface area contributed by atoms with Gasteiger partial charge in [0.1, 0.15) is 5.82 Å². The second-order valence-electron chi connectivity index (χ2n) is 6.68. The Morgan fingerprint density at radius 1 is 1.36 bits per heavy atom. The van der Waals surface area contributed by atoms with E-state index in [1.54, 1.807) is 47.3 Å². The fourth-order valence-corrected chi connectivity index (χ4v) is 3.98. The summed E-state index contributed by atoms with van der Waals surface area (Å²) in [6.07, 6.45) is 4.87. The molecule has 28 heavy (non-hydrogen) atoms. The van der Waals surface area contributed by atoms with Crippen molar-refractivity contribution in [3.05, 3.63) is 64.7 Å². The largest absolute Gasteiger partial charge is 0.343 e. The number of aryl methyl sites for hydroxylation is 2. The molecule has 1 aliphatic rings. The summed E-state index contributed by atoms with van der Waals surface area (Å²) >= 11 is 1.61. The van der Waals surface area contributed by atoms with Crippen molar-refractivity contribution in [2.24, 2.45) is 7.05 Å². The Kier molecular flexibility index (Phi) is 4.95. The number of para-hydroxylation sites is 1. The molecular weight excluding hydrogens is 377 g/mol. The van der Waals surface area contributed by atoms with Crippen LogP contribution in [0, 0.1) is 12.7 Å². The van der Waals surface area contributed by atoms with E-state index < -0.39 is 11.7 Å². The van der Waals surface area contributed by atoms with Gasteiger partial charge in [-0.3, -0.25) is 9.48 Å². The first kappa shape index (κ1) is 18.4. The fourth-order valence-electron chi connectivity index (χ4n) is 3.31. The van der Waals surface area contributed by atoms with Crippen LogP contribution in [0.15, 0.2) is 41.9 Å². The summed E-state index contributed by atoms with van der Waals surface area (Å²) in [6, 6.07) is 6.45. The highest BCUT2D eigenvalue weighted by atomic mass is 32.1.